The number of aryl methyl sites for hydroxylation is 1. The van der Waals surface area contributed by atoms with E-state index < -0.39 is 73.2 Å². The van der Waals surface area contributed by atoms with Crippen molar-refractivity contribution in [3.8, 4) is 0 Å². The monoisotopic (exact) mass is 368 g/mol. The van der Waals surface area contributed by atoms with Crippen LogP contribution in [0.15, 0.2) is 0 Å². The molecule has 2 unspecified atom stereocenters. The Balaban J connectivity index is 2.38. The van der Waals surface area contributed by atoms with E-state index >= 15 is 0 Å². The Bertz CT molecular complexity index is 607. The molecule has 0 bridgehead atoms. The summed E-state index contributed by atoms with van der Waals surface area (Å²) in [5.74, 6) is -3.80. The third-order valence-corrected chi connectivity index (χ3v) is 3.73. The zero-order chi connectivity index (χ0) is 18.5. The van der Waals surface area contributed by atoms with Gasteiger partial charge < -0.3 is 10.2 Å². The fraction of sp³-hybridized carbons (Fsp3) is 0.750. The molecule has 1 aliphatic rings. The number of alkyl halides is 8. The summed E-state index contributed by atoms with van der Waals surface area (Å²) in [6, 6.07) is 0. The summed E-state index contributed by atoms with van der Waals surface area (Å²) in [7, 11) is 0. The number of aromatic nitrogens is 2. The molecule has 138 valence electrons. The van der Waals surface area contributed by atoms with Crippen molar-refractivity contribution in [3.63, 3.8) is 0 Å². The number of aliphatic hydroxyl groups excluding tert-OH is 2. The maximum atomic E-state index is 13.5. The van der Waals surface area contributed by atoms with E-state index in [4.69, 9.17) is 5.11 Å². The van der Waals surface area contributed by atoms with E-state index in [1.807, 2.05) is 0 Å². The first-order valence-electron chi connectivity index (χ1n) is 6.72. The maximum absolute atomic E-state index is 13.5. The van der Waals surface area contributed by atoms with Crippen molar-refractivity contribution in [2.75, 3.05) is 0 Å². The molecule has 0 spiro atoms. The van der Waals surface area contributed by atoms with Crippen molar-refractivity contribution < 1.29 is 45.3 Å². The van der Waals surface area contributed by atoms with Crippen LogP contribution >= 0.6 is 0 Å². The van der Waals surface area contributed by atoms with Gasteiger partial charge in [-0.2, -0.15) is 31.4 Å². The van der Waals surface area contributed by atoms with Gasteiger partial charge in [0.05, 0.1) is 0 Å². The lowest BCUT2D eigenvalue weighted by Crippen LogP contribution is -2.33. The highest BCUT2D eigenvalue weighted by molar-refractivity contribution is 5.35. The molecular weight excluding hydrogens is 356 g/mol. The molecule has 1 heterocycles. The SMILES string of the molecule is OC(CCn1nc(C(F)(F)F)c2c1CCC(F)(F)C2O)C(F)(F)F. The lowest BCUT2D eigenvalue weighted by Gasteiger charge is -2.28. The second-order valence-electron chi connectivity index (χ2n) is 5.44. The van der Waals surface area contributed by atoms with Crippen molar-refractivity contribution in [1.82, 2.24) is 9.78 Å². The van der Waals surface area contributed by atoms with Gasteiger partial charge in [0.15, 0.2) is 11.8 Å². The Morgan fingerprint density at radius 1 is 1.21 bits per heavy atom. The highest BCUT2D eigenvalue weighted by atomic mass is 19.4. The first kappa shape index (κ1) is 18.9. The number of fused-ring (bicyclic) bond motifs is 1. The van der Waals surface area contributed by atoms with Crippen molar-refractivity contribution >= 4 is 0 Å². The number of aliphatic hydroxyl groups is 2. The lowest BCUT2D eigenvalue weighted by atomic mass is 9.89. The average molecular weight is 368 g/mol. The number of hydrogen-bond donors (Lipinski definition) is 2. The molecule has 1 aliphatic carbocycles. The van der Waals surface area contributed by atoms with Gasteiger partial charge in [-0.25, -0.2) is 8.78 Å². The molecule has 24 heavy (non-hydrogen) atoms. The molecule has 0 amide bonds. The lowest BCUT2D eigenvalue weighted by molar-refractivity contribution is -0.206. The largest absolute Gasteiger partial charge is 0.435 e. The van der Waals surface area contributed by atoms with E-state index in [0.29, 0.717) is 4.68 Å². The molecule has 0 fully saturated rings. The summed E-state index contributed by atoms with van der Waals surface area (Å²) < 4.78 is 103. The third kappa shape index (κ3) is 3.48. The fourth-order valence-electron chi connectivity index (χ4n) is 2.50. The van der Waals surface area contributed by atoms with Gasteiger partial charge in [0.25, 0.3) is 5.92 Å². The Labute approximate surface area is 129 Å². The summed E-state index contributed by atoms with van der Waals surface area (Å²) in [6.45, 7) is -0.766. The Morgan fingerprint density at radius 3 is 2.29 bits per heavy atom. The minimum absolute atomic E-state index is 0.407. The summed E-state index contributed by atoms with van der Waals surface area (Å²) in [6.07, 6.45) is -18.2. The molecule has 2 rings (SSSR count). The fourth-order valence-corrected chi connectivity index (χ4v) is 2.50. The topological polar surface area (TPSA) is 58.3 Å². The first-order chi connectivity index (χ1) is 10.7. The van der Waals surface area contributed by atoms with E-state index in [2.05, 4.69) is 5.10 Å². The van der Waals surface area contributed by atoms with Crippen molar-refractivity contribution in [2.45, 2.75) is 56.3 Å². The standard InChI is InChI=1S/C12H12F8N2O2/c13-10(14)3-1-5-7(9(10)24)8(12(18,19)20)21-22(5)4-2-6(23)11(15,16)17/h6,9,23-24H,1-4H2. The van der Waals surface area contributed by atoms with Gasteiger partial charge >= 0.3 is 12.4 Å². The van der Waals surface area contributed by atoms with Crippen LogP contribution in [0.2, 0.25) is 0 Å². The maximum Gasteiger partial charge on any atom is 0.435 e. The molecular formula is C12H12F8N2O2. The summed E-state index contributed by atoms with van der Waals surface area (Å²) in [4.78, 5) is 0. The number of halogens is 8. The van der Waals surface area contributed by atoms with Crippen molar-refractivity contribution in [1.29, 1.82) is 0 Å². The van der Waals surface area contributed by atoms with Crippen LogP contribution in [0, 0.1) is 0 Å². The molecule has 0 aromatic carbocycles. The van der Waals surface area contributed by atoms with E-state index in [0.717, 1.165) is 0 Å². The normalized spacial score (nSPS) is 22.3. The third-order valence-electron chi connectivity index (χ3n) is 3.73. The zero-order valence-electron chi connectivity index (χ0n) is 11.8. The van der Waals surface area contributed by atoms with Crippen LogP contribution in [0.4, 0.5) is 35.1 Å². The van der Waals surface area contributed by atoms with Crippen LogP contribution in [0.5, 0.6) is 0 Å². The van der Waals surface area contributed by atoms with E-state index in [-0.39, 0.29) is 0 Å². The molecule has 2 N–H and O–H groups in total. The molecule has 0 saturated carbocycles. The van der Waals surface area contributed by atoms with Gasteiger partial charge in [-0.05, 0) is 6.42 Å². The summed E-state index contributed by atoms with van der Waals surface area (Å²) in [5.41, 5.74) is -3.29. The molecule has 0 saturated heterocycles. The van der Waals surface area contributed by atoms with Crippen LogP contribution in [-0.2, 0) is 19.1 Å². The Kier molecular flexibility index (Phi) is 4.59. The number of hydrogen-bond acceptors (Lipinski definition) is 3. The summed E-state index contributed by atoms with van der Waals surface area (Å²) >= 11 is 0. The van der Waals surface area contributed by atoms with E-state index in [1.165, 1.54) is 0 Å². The second-order valence-corrected chi connectivity index (χ2v) is 5.44. The Hall–Kier alpha value is -1.43. The molecule has 1 aromatic rings. The summed E-state index contributed by atoms with van der Waals surface area (Å²) in [5, 5.41) is 21.5. The van der Waals surface area contributed by atoms with Crippen LogP contribution in [-0.4, -0.2) is 38.2 Å². The molecule has 1 aromatic heterocycles. The first-order valence-corrected chi connectivity index (χ1v) is 6.72. The zero-order valence-corrected chi connectivity index (χ0v) is 11.8. The van der Waals surface area contributed by atoms with Crippen molar-refractivity contribution in [2.24, 2.45) is 0 Å². The van der Waals surface area contributed by atoms with Crippen LogP contribution < -0.4 is 0 Å². The van der Waals surface area contributed by atoms with Gasteiger partial charge in [0.1, 0.15) is 6.10 Å². The van der Waals surface area contributed by atoms with Crippen LogP contribution in [0.3, 0.4) is 0 Å². The van der Waals surface area contributed by atoms with Gasteiger partial charge in [0.2, 0.25) is 0 Å². The smallest absolute Gasteiger partial charge is 0.384 e. The molecule has 0 radical (unpaired) electrons. The number of rotatable bonds is 3. The van der Waals surface area contributed by atoms with E-state index in [1.54, 1.807) is 0 Å². The quantitative estimate of drug-likeness (QED) is 0.807. The molecule has 0 aliphatic heterocycles. The second kappa shape index (κ2) is 5.83. The van der Waals surface area contributed by atoms with Gasteiger partial charge in [-0.3, -0.25) is 4.68 Å². The van der Waals surface area contributed by atoms with Crippen molar-refractivity contribution in [3.05, 3.63) is 17.0 Å². The number of nitrogens with zero attached hydrogens (tertiary/aromatic N) is 2. The van der Waals surface area contributed by atoms with E-state index in [9.17, 15) is 40.2 Å². The predicted molar refractivity (Wildman–Crippen MR) is 62.1 cm³/mol. The molecule has 12 heteroatoms. The van der Waals surface area contributed by atoms with Crippen LogP contribution in [0.25, 0.3) is 0 Å². The van der Waals surface area contributed by atoms with Gasteiger partial charge in [-0.15, -0.1) is 0 Å². The molecule has 4 nitrogen and oxygen atoms in total. The molecule has 2 atom stereocenters. The van der Waals surface area contributed by atoms with Gasteiger partial charge in [-0.1, -0.05) is 0 Å². The minimum Gasteiger partial charge on any atom is -0.384 e. The minimum atomic E-state index is -5.16. The van der Waals surface area contributed by atoms with Crippen LogP contribution in [0.1, 0.15) is 35.9 Å². The Morgan fingerprint density at radius 2 is 1.79 bits per heavy atom. The predicted octanol–water partition coefficient (Wildman–Crippen LogP) is 2.83. The average Bonchev–Trinajstić information content (AvgIpc) is 2.78. The van der Waals surface area contributed by atoms with Gasteiger partial charge in [0, 0.05) is 30.6 Å². The highest BCUT2D eigenvalue weighted by Gasteiger charge is 2.51. The highest BCUT2D eigenvalue weighted by Crippen LogP contribution is 2.46.